The fourth-order valence-electron chi connectivity index (χ4n) is 4.77. The molecule has 2 heterocycles. The van der Waals surface area contributed by atoms with Gasteiger partial charge in [-0.05, 0) is 17.7 Å². The van der Waals surface area contributed by atoms with E-state index in [2.05, 4.69) is 14.1 Å². The summed E-state index contributed by atoms with van der Waals surface area (Å²) >= 11 is 0. The lowest BCUT2D eigenvalue weighted by molar-refractivity contribution is -0.931. The second kappa shape index (κ2) is 7.35. The Bertz CT molecular complexity index is 759. The van der Waals surface area contributed by atoms with Crippen LogP contribution in [-0.2, 0) is 11.3 Å². The van der Waals surface area contributed by atoms with Crippen LogP contribution in [0.15, 0.2) is 60.7 Å². The predicted octanol–water partition coefficient (Wildman–Crippen LogP) is 4.60. The van der Waals surface area contributed by atoms with Gasteiger partial charge in [-0.15, -0.1) is 0 Å². The molecule has 1 amide bonds. The Kier molecular flexibility index (Phi) is 4.92. The highest BCUT2D eigenvalue weighted by Gasteiger charge is 2.50. The highest BCUT2D eigenvalue weighted by molar-refractivity contribution is 5.87. The molecule has 4 rings (SSSR count). The third-order valence-electron chi connectivity index (χ3n) is 6.52. The number of hydrogen-bond acceptors (Lipinski definition) is 2. The maximum Gasteiger partial charge on any atom is 0.414 e. The lowest BCUT2D eigenvalue weighted by Gasteiger charge is -2.44. The number of carbonyl (C=O) groups excluding carboxylic acids is 1. The van der Waals surface area contributed by atoms with Gasteiger partial charge in [0.1, 0.15) is 6.10 Å². The van der Waals surface area contributed by atoms with Gasteiger partial charge in [0.05, 0.1) is 32.7 Å². The van der Waals surface area contributed by atoms with E-state index in [9.17, 15) is 4.79 Å². The van der Waals surface area contributed by atoms with Crippen molar-refractivity contribution in [3.8, 4) is 0 Å². The van der Waals surface area contributed by atoms with Crippen molar-refractivity contribution < 1.29 is 14.0 Å². The molecule has 2 aromatic carbocycles. The molecule has 0 aromatic heterocycles. The minimum absolute atomic E-state index is 0.0307. The van der Waals surface area contributed by atoms with E-state index in [-0.39, 0.29) is 12.2 Å². The highest BCUT2D eigenvalue weighted by atomic mass is 16.6. The number of hydrogen-bond donors (Lipinski definition) is 0. The minimum atomic E-state index is -0.235. The molecule has 142 valence electrons. The van der Waals surface area contributed by atoms with Crippen LogP contribution in [0.4, 0.5) is 10.5 Å². The van der Waals surface area contributed by atoms with E-state index in [4.69, 9.17) is 4.74 Å². The molecule has 4 nitrogen and oxygen atoms in total. The summed E-state index contributed by atoms with van der Waals surface area (Å²) in [7, 11) is 4.65. The third-order valence-corrected chi connectivity index (χ3v) is 6.52. The van der Waals surface area contributed by atoms with Gasteiger partial charge < -0.3 is 9.22 Å². The standard InChI is InChI=1S/C23H29N2O2/c1-25(2)20-13-14-21(25)16-22(15-20)27-23(26)24(19-11-7-4-8-12-19)17-18-9-5-3-6-10-18/h3-12,20-22H,13-17H2,1-2H3/q+1/t20-,21+,22?. The zero-order chi connectivity index (χ0) is 18.9. The molecule has 4 heteroatoms. The lowest BCUT2D eigenvalue weighted by atomic mass is 9.98. The first-order chi connectivity index (χ1) is 13.0. The van der Waals surface area contributed by atoms with Gasteiger partial charge in [-0.1, -0.05) is 48.5 Å². The number of carbonyl (C=O) groups is 1. The second-order valence-corrected chi connectivity index (χ2v) is 8.40. The molecule has 2 aromatic rings. The first-order valence-corrected chi connectivity index (χ1v) is 9.94. The van der Waals surface area contributed by atoms with Crippen molar-refractivity contribution in [3.63, 3.8) is 0 Å². The fraction of sp³-hybridized carbons (Fsp3) is 0.435. The first kappa shape index (κ1) is 18.1. The summed E-state index contributed by atoms with van der Waals surface area (Å²) in [6.45, 7) is 0.519. The summed E-state index contributed by atoms with van der Waals surface area (Å²) in [6.07, 6.45) is 4.24. The highest BCUT2D eigenvalue weighted by Crippen LogP contribution is 2.40. The Hall–Kier alpha value is -2.33. The normalized spacial score (nSPS) is 25.8. The molecule has 3 atom stereocenters. The number of piperidine rings is 1. The SMILES string of the molecule is C[N+]1(C)[C@@H]2CC[C@H]1CC(OC(=O)N(Cc1ccccc1)c1ccccc1)C2. The maximum absolute atomic E-state index is 13.1. The van der Waals surface area contributed by atoms with Crippen LogP contribution >= 0.6 is 0 Å². The zero-order valence-electron chi connectivity index (χ0n) is 16.3. The molecule has 0 N–H and O–H groups in total. The number of amides is 1. The van der Waals surface area contributed by atoms with Gasteiger partial charge in [-0.3, -0.25) is 4.90 Å². The number of quaternary nitrogens is 1. The average Bonchev–Trinajstić information content (AvgIpc) is 2.85. The monoisotopic (exact) mass is 365 g/mol. The van der Waals surface area contributed by atoms with Gasteiger partial charge in [0, 0.05) is 31.4 Å². The molecule has 2 fully saturated rings. The van der Waals surface area contributed by atoms with Gasteiger partial charge in [0.15, 0.2) is 0 Å². The molecule has 1 unspecified atom stereocenters. The third kappa shape index (κ3) is 3.72. The largest absolute Gasteiger partial charge is 0.445 e. The van der Waals surface area contributed by atoms with Crippen molar-refractivity contribution in [2.75, 3.05) is 19.0 Å². The van der Waals surface area contributed by atoms with E-state index < -0.39 is 0 Å². The molecule has 2 saturated heterocycles. The quantitative estimate of drug-likeness (QED) is 0.741. The molecule has 0 aliphatic carbocycles. The number of para-hydroxylation sites is 1. The Labute approximate surface area is 161 Å². The van der Waals surface area contributed by atoms with Crippen LogP contribution in [0.1, 0.15) is 31.2 Å². The van der Waals surface area contributed by atoms with Crippen molar-refractivity contribution in [2.24, 2.45) is 0 Å². The van der Waals surface area contributed by atoms with E-state index in [1.54, 1.807) is 4.90 Å². The summed E-state index contributed by atoms with van der Waals surface area (Å²) in [4.78, 5) is 14.9. The number of ether oxygens (including phenoxy) is 1. The van der Waals surface area contributed by atoms with Crippen molar-refractivity contribution in [2.45, 2.75) is 50.4 Å². The number of benzene rings is 2. The number of rotatable bonds is 4. The molecule has 0 spiro atoms. The molecule has 2 bridgehead atoms. The molecule has 2 aliphatic rings. The molecular formula is C23H29N2O2+. The van der Waals surface area contributed by atoms with Crippen LogP contribution in [0.25, 0.3) is 0 Å². The Balaban J connectivity index is 1.49. The van der Waals surface area contributed by atoms with Gasteiger partial charge in [-0.2, -0.15) is 0 Å². The number of nitrogens with zero attached hydrogens (tertiary/aromatic N) is 2. The predicted molar refractivity (Wildman–Crippen MR) is 107 cm³/mol. The van der Waals surface area contributed by atoms with Crippen molar-refractivity contribution in [1.29, 1.82) is 0 Å². The Morgan fingerprint density at radius 3 is 2.11 bits per heavy atom. The van der Waals surface area contributed by atoms with Gasteiger partial charge in [0.2, 0.25) is 0 Å². The van der Waals surface area contributed by atoms with E-state index in [0.29, 0.717) is 18.6 Å². The van der Waals surface area contributed by atoms with E-state index in [1.165, 1.54) is 12.8 Å². The van der Waals surface area contributed by atoms with Crippen molar-refractivity contribution >= 4 is 11.8 Å². The minimum Gasteiger partial charge on any atom is -0.445 e. The Morgan fingerprint density at radius 2 is 1.52 bits per heavy atom. The summed E-state index contributed by atoms with van der Waals surface area (Å²) in [5.41, 5.74) is 1.97. The van der Waals surface area contributed by atoms with Crippen LogP contribution in [0.5, 0.6) is 0 Å². The maximum atomic E-state index is 13.1. The summed E-state index contributed by atoms with van der Waals surface area (Å²) in [5, 5.41) is 0. The van der Waals surface area contributed by atoms with E-state index >= 15 is 0 Å². The first-order valence-electron chi connectivity index (χ1n) is 9.94. The Morgan fingerprint density at radius 1 is 0.963 bits per heavy atom. The molecule has 2 aliphatic heterocycles. The van der Waals surface area contributed by atoms with Gasteiger partial charge >= 0.3 is 6.09 Å². The number of fused-ring (bicyclic) bond motifs is 2. The van der Waals surface area contributed by atoms with Crippen LogP contribution in [0.2, 0.25) is 0 Å². The smallest absolute Gasteiger partial charge is 0.414 e. The summed E-state index contributed by atoms with van der Waals surface area (Å²) in [6, 6.07) is 21.1. The van der Waals surface area contributed by atoms with Gasteiger partial charge in [-0.25, -0.2) is 4.79 Å². The summed E-state index contributed by atoms with van der Waals surface area (Å²) < 4.78 is 7.12. The van der Waals surface area contributed by atoms with Gasteiger partial charge in [0.25, 0.3) is 0 Å². The van der Waals surface area contributed by atoms with Crippen LogP contribution in [-0.4, -0.2) is 42.9 Å². The van der Waals surface area contributed by atoms with Crippen molar-refractivity contribution in [1.82, 2.24) is 0 Å². The lowest BCUT2D eigenvalue weighted by Crippen LogP contribution is -2.56. The van der Waals surface area contributed by atoms with E-state index in [0.717, 1.165) is 28.6 Å². The van der Waals surface area contributed by atoms with Crippen LogP contribution in [0.3, 0.4) is 0 Å². The zero-order valence-corrected chi connectivity index (χ0v) is 16.3. The molecular weight excluding hydrogens is 336 g/mol. The average molecular weight is 365 g/mol. The fourth-order valence-corrected chi connectivity index (χ4v) is 4.77. The van der Waals surface area contributed by atoms with Crippen molar-refractivity contribution in [3.05, 3.63) is 66.2 Å². The van der Waals surface area contributed by atoms with Crippen LogP contribution < -0.4 is 4.90 Å². The summed E-state index contributed by atoms with van der Waals surface area (Å²) in [5.74, 6) is 0. The van der Waals surface area contributed by atoms with E-state index in [1.807, 2.05) is 60.7 Å². The molecule has 27 heavy (non-hydrogen) atoms. The number of anilines is 1. The topological polar surface area (TPSA) is 29.5 Å². The van der Waals surface area contributed by atoms with Crippen LogP contribution in [0, 0.1) is 0 Å². The molecule has 0 radical (unpaired) electrons. The molecule has 0 saturated carbocycles. The second-order valence-electron chi connectivity index (χ2n) is 8.40.